The number of hydrogen-bond acceptors (Lipinski definition) is 5. The van der Waals surface area contributed by atoms with Gasteiger partial charge in [0, 0.05) is 20.3 Å². The van der Waals surface area contributed by atoms with Gasteiger partial charge in [0.25, 0.3) is 0 Å². The molecule has 2 fully saturated rings. The molecule has 5 nitrogen and oxygen atoms in total. The molecule has 1 aliphatic heterocycles. The molecule has 174 valence electrons. The van der Waals surface area contributed by atoms with Crippen LogP contribution < -0.4 is 0 Å². The summed E-state index contributed by atoms with van der Waals surface area (Å²) in [5.74, 6) is 0. The third kappa shape index (κ3) is 5.97. The van der Waals surface area contributed by atoms with Gasteiger partial charge < -0.3 is 18.9 Å². The molecule has 0 unspecified atom stereocenters. The number of hydrogen-bond donors (Lipinski definition) is 0. The molecule has 2 aliphatic rings. The summed E-state index contributed by atoms with van der Waals surface area (Å²) in [6, 6.07) is 19.6. The van der Waals surface area contributed by atoms with Crippen molar-refractivity contribution >= 4 is 0 Å². The van der Waals surface area contributed by atoms with Crippen LogP contribution in [0.15, 0.2) is 54.6 Å². The fourth-order valence-electron chi connectivity index (χ4n) is 5.00. The molecule has 3 atom stereocenters. The molecule has 5 heteroatoms. The Bertz CT molecular complexity index is 787. The van der Waals surface area contributed by atoms with Crippen molar-refractivity contribution in [3.05, 3.63) is 60.2 Å². The normalized spacial score (nSPS) is 24.3. The zero-order chi connectivity index (χ0) is 22.2. The van der Waals surface area contributed by atoms with Crippen LogP contribution in [0.5, 0.6) is 0 Å². The first-order valence-electron chi connectivity index (χ1n) is 12.0. The second-order valence-electron chi connectivity index (χ2n) is 8.85. The Morgan fingerprint density at radius 1 is 0.812 bits per heavy atom. The maximum absolute atomic E-state index is 6.43. The molecular weight excluding hydrogens is 402 g/mol. The van der Waals surface area contributed by atoms with Crippen LogP contribution in [0.3, 0.4) is 0 Å². The van der Waals surface area contributed by atoms with Crippen molar-refractivity contribution in [3.63, 3.8) is 0 Å². The Hall–Kier alpha value is -1.76. The molecule has 1 aliphatic carbocycles. The Morgan fingerprint density at radius 3 is 2.19 bits per heavy atom. The van der Waals surface area contributed by atoms with Gasteiger partial charge in [-0.25, -0.2) is 0 Å². The molecular formula is C27H37NO4. The van der Waals surface area contributed by atoms with E-state index in [1.54, 1.807) is 14.2 Å². The Morgan fingerprint density at radius 2 is 1.50 bits per heavy atom. The second-order valence-corrected chi connectivity index (χ2v) is 8.85. The lowest BCUT2D eigenvalue weighted by Gasteiger charge is -2.37. The highest BCUT2D eigenvalue weighted by Gasteiger charge is 2.41. The van der Waals surface area contributed by atoms with E-state index in [9.17, 15) is 0 Å². The lowest BCUT2D eigenvalue weighted by molar-refractivity contribution is -0.172. The summed E-state index contributed by atoms with van der Waals surface area (Å²) < 4.78 is 23.5. The zero-order valence-corrected chi connectivity index (χ0v) is 19.4. The van der Waals surface area contributed by atoms with Crippen molar-refractivity contribution in [2.75, 3.05) is 33.9 Å². The van der Waals surface area contributed by atoms with Crippen molar-refractivity contribution in [1.29, 1.82) is 0 Å². The summed E-state index contributed by atoms with van der Waals surface area (Å²) in [7, 11) is 3.31. The summed E-state index contributed by atoms with van der Waals surface area (Å²) in [4.78, 5) is 2.61. The van der Waals surface area contributed by atoms with Gasteiger partial charge in [-0.2, -0.15) is 0 Å². The maximum atomic E-state index is 6.43. The van der Waals surface area contributed by atoms with Crippen LogP contribution >= 0.6 is 0 Å². The monoisotopic (exact) mass is 439 g/mol. The first-order valence-corrected chi connectivity index (χ1v) is 12.0. The molecule has 1 saturated heterocycles. The summed E-state index contributed by atoms with van der Waals surface area (Å²) in [5, 5.41) is 0. The van der Waals surface area contributed by atoms with E-state index in [1.165, 1.54) is 36.0 Å². The van der Waals surface area contributed by atoms with Crippen LogP contribution in [0.4, 0.5) is 0 Å². The van der Waals surface area contributed by atoms with Gasteiger partial charge in [0.2, 0.25) is 0 Å². The number of rotatable bonds is 10. The number of methoxy groups -OCH3 is 2. The van der Waals surface area contributed by atoms with Gasteiger partial charge in [-0.05, 0) is 55.5 Å². The van der Waals surface area contributed by atoms with Crippen molar-refractivity contribution in [3.8, 4) is 11.1 Å². The minimum absolute atomic E-state index is 0.0458. The largest absolute Gasteiger partial charge is 0.371 e. The highest BCUT2D eigenvalue weighted by Crippen LogP contribution is 2.32. The van der Waals surface area contributed by atoms with Gasteiger partial charge in [0.1, 0.15) is 0 Å². The molecule has 1 heterocycles. The predicted molar refractivity (Wildman–Crippen MR) is 126 cm³/mol. The Kier molecular flexibility index (Phi) is 8.71. The minimum Gasteiger partial charge on any atom is -0.371 e. The Labute approximate surface area is 192 Å². The maximum Gasteiger partial charge on any atom is 0.180 e. The molecule has 32 heavy (non-hydrogen) atoms. The number of ether oxygens (including phenoxy) is 4. The molecule has 0 aromatic heterocycles. The topological polar surface area (TPSA) is 40.2 Å². The molecule has 2 aromatic rings. The number of benzene rings is 2. The molecule has 1 saturated carbocycles. The van der Waals surface area contributed by atoms with Crippen LogP contribution in [0, 0.1) is 0 Å². The van der Waals surface area contributed by atoms with E-state index in [4.69, 9.17) is 18.9 Å². The van der Waals surface area contributed by atoms with E-state index < -0.39 is 0 Å². The van der Waals surface area contributed by atoms with E-state index >= 15 is 0 Å². The van der Waals surface area contributed by atoms with Crippen molar-refractivity contribution in [1.82, 2.24) is 4.90 Å². The van der Waals surface area contributed by atoms with Crippen molar-refractivity contribution < 1.29 is 18.9 Å². The number of nitrogens with zero attached hydrogens (tertiary/aromatic N) is 1. The number of piperidine rings is 1. The molecule has 0 amide bonds. The zero-order valence-electron chi connectivity index (χ0n) is 19.4. The van der Waals surface area contributed by atoms with Gasteiger partial charge in [-0.15, -0.1) is 0 Å². The highest BCUT2D eigenvalue weighted by atomic mass is 16.7. The molecule has 0 N–H and O–H groups in total. The van der Waals surface area contributed by atoms with E-state index in [0.29, 0.717) is 19.3 Å². The summed E-state index contributed by atoms with van der Waals surface area (Å²) >= 11 is 0. The van der Waals surface area contributed by atoms with Crippen molar-refractivity contribution in [2.45, 2.75) is 63.3 Å². The Balaban J connectivity index is 1.38. The average molecular weight is 440 g/mol. The standard InChI is InChI=1S/C27H37NO4/c1-29-26(30-2)20-32-27-24(28-17-7-4-8-18-28)15-16-25(27)31-19-21-11-13-23(14-12-21)22-9-5-3-6-10-22/h3,5-6,9-14,24-27H,4,7-8,15-20H2,1-2H3/t24-,25-,27+/m1/s1. The fourth-order valence-corrected chi connectivity index (χ4v) is 5.00. The van der Waals surface area contributed by atoms with E-state index in [0.717, 1.165) is 25.9 Å². The summed E-state index contributed by atoms with van der Waals surface area (Å²) in [6.45, 7) is 3.35. The van der Waals surface area contributed by atoms with Crippen LogP contribution in [0.25, 0.3) is 11.1 Å². The van der Waals surface area contributed by atoms with Gasteiger partial charge in [-0.1, -0.05) is 61.0 Å². The smallest absolute Gasteiger partial charge is 0.180 e. The summed E-state index contributed by atoms with van der Waals surface area (Å²) in [6.07, 6.45) is 5.83. The minimum atomic E-state index is -0.344. The van der Waals surface area contributed by atoms with Crippen LogP contribution in [-0.4, -0.2) is 63.4 Å². The highest BCUT2D eigenvalue weighted by molar-refractivity contribution is 5.63. The fraction of sp³-hybridized carbons (Fsp3) is 0.556. The van der Waals surface area contributed by atoms with Gasteiger partial charge in [0.05, 0.1) is 25.4 Å². The van der Waals surface area contributed by atoms with Crippen LogP contribution in [0.1, 0.15) is 37.7 Å². The van der Waals surface area contributed by atoms with Gasteiger partial charge in [0.15, 0.2) is 6.29 Å². The SMILES string of the molecule is COC(CO[C@H]1[C@H](N2CCCCC2)CC[C@H]1OCc1ccc(-c2ccccc2)cc1)OC. The second kappa shape index (κ2) is 11.9. The predicted octanol–water partition coefficient (Wildman–Crippen LogP) is 4.89. The molecule has 0 bridgehead atoms. The lowest BCUT2D eigenvalue weighted by Crippen LogP contribution is -2.48. The van der Waals surface area contributed by atoms with E-state index in [2.05, 4.69) is 53.4 Å². The third-order valence-corrected chi connectivity index (χ3v) is 6.83. The molecule has 4 rings (SSSR count). The average Bonchev–Trinajstić information content (AvgIpc) is 3.27. The molecule has 0 radical (unpaired) electrons. The van der Waals surface area contributed by atoms with E-state index in [-0.39, 0.29) is 18.5 Å². The number of likely N-dealkylation sites (tertiary alicyclic amines) is 1. The summed E-state index contributed by atoms with van der Waals surface area (Å²) in [5.41, 5.74) is 3.66. The lowest BCUT2D eigenvalue weighted by atomic mass is 10.0. The molecule has 0 spiro atoms. The van der Waals surface area contributed by atoms with Crippen LogP contribution in [-0.2, 0) is 25.6 Å². The van der Waals surface area contributed by atoms with Crippen molar-refractivity contribution in [2.24, 2.45) is 0 Å². The van der Waals surface area contributed by atoms with Gasteiger partial charge >= 0.3 is 0 Å². The quantitative estimate of drug-likeness (QED) is 0.493. The van der Waals surface area contributed by atoms with Crippen LogP contribution in [0.2, 0.25) is 0 Å². The first-order chi connectivity index (χ1) is 15.8. The van der Waals surface area contributed by atoms with Gasteiger partial charge in [-0.3, -0.25) is 4.90 Å². The third-order valence-electron chi connectivity index (χ3n) is 6.83. The van der Waals surface area contributed by atoms with E-state index in [1.807, 2.05) is 6.07 Å². The first kappa shape index (κ1) is 23.4. The molecule has 2 aromatic carbocycles.